The van der Waals surface area contributed by atoms with Crippen LogP contribution in [0.25, 0.3) is 11.3 Å². The van der Waals surface area contributed by atoms with Crippen LogP contribution < -0.4 is 10.1 Å². The van der Waals surface area contributed by atoms with Gasteiger partial charge in [0.1, 0.15) is 5.75 Å². The second kappa shape index (κ2) is 6.75. The van der Waals surface area contributed by atoms with Gasteiger partial charge in [-0.1, -0.05) is 30.3 Å². The standard InChI is InChI=1S/C19H16N2O2/c1-23-17-10-7-15(8-11-17)19(22)21-16-9-12-18(20-13-16)14-5-3-2-4-6-14/h2-13H,1H3,(H,21,22). The molecule has 114 valence electrons. The summed E-state index contributed by atoms with van der Waals surface area (Å²) in [7, 11) is 1.59. The Balaban J connectivity index is 1.71. The van der Waals surface area contributed by atoms with E-state index in [2.05, 4.69) is 10.3 Å². The summed E-state index contributed by atoms with van der Waals surface area (Å²) in [6.45, 7) is 0. The molecule has 0 saturated carbocycles. The first-order chi connectivity index (χ1) is 11.3. The molecule has 2 aromatic carbocycles. The van der Waals surface area contributed by atoms with Crippen LogP contribution in [-0.4, -0.2) is 18.0 Å². The molecule has 1 aromatic heterocycles. The summed E-state index contributed by atoms with van der Waals surface area (Å²) >= 11 is 0. The maximum Gasteiger partial charge on any atom is 0.255 e. The number of pyridine rings is 1. The number of carbonyl (C=O) groups excluding carboxylic acids is 1. The fourth-order valence-electron chi connectivity index (χ4n) is 2.19. The van der Waals surface area contributed by atoms with E-state index in [0.717, 1.165) is 17.0 Å². The molecule has 0 spiro atoms. The Kier molecular flexibility index (Phi) is 4.34. The number of ether oxygens (including phenoxy) is 1. The quantitative estimate of drug-likeness (QED) is 0.792. The van der Waals surface area contributed by atoms with Crippen LogP contribution in [0, 0.1) is 0 Å². The lowest BCUT2D eigenvalue weighted by atomic mass is 10.1. The maximum absolute atomic E-state index is 12.2. The van der Waals surface area contributed by atoms with Gasteiger partial charge < -0.3 is 10.1 Å². The molecular formula is C19H16N2O2. The zero-order valence-corrected chi connectivity index (χ0v) is 12.7. The first-order valence-corrected chi connectivity index (χ1v) is 7.23. The Hall–Kier alpha value is -3.14. The molecule has 0 unspecified atom stereocenters. The number of nitrogens with one attached hydrogen (secondary N) is 1. The lowest BCUT2D eigenvalue weighted by molar-refractivity contribution is 0.102. The third-order valence-electron chi connectivity index (χ3n) is 3.44. The van der Waals surface area contributed by atoms with Crippen LogP contribution in [0.15, 0.2) is 72.9 Å². The number of methoxy groups -OCH3 is 1. The van der Waals surface area contributed by atoms with E-state index in [0.29, 0.717) is 11.3 Å². The van der Waals surface area contributed by atoms with Crippen molar-refractivity contribution in [3.8, 4) is 17.0 Å². The summed E-state index contributed by atoms with van der Waals surface area (Å²) in [4.78, 5) is 16.6. The summed E-state index contributed by atoms with van der Waals surface area (Å²) in [6, 6.07) is 20.6. The van der Waals surface area contributed by atoms with Crippen molar-refractivity contribution < 1.29 is 9.53 Å². The van der Waals surface area contributed by atoms with Crippen molar-refractivity contribution in [3.63, 3.8) is 0 Å². The lowest BCUT2D eigenvalue weighted by Crippen LogP contribution is -2.11. The van der Waals surface area contributed by atoms with Gasteiger partial charge >= 0.3 is 0 Å². The third kappa shape index (κ3) is 3.55. The van der Waals surface area contributed by atoms with Crippen molar-refractivity contribution in [2.75, 3.05) is 12.4 Å². The SMILES string of the molecule is COc1ccc(C(=O)Nc2ccc(-c3ccccc3)nc2)cc1. The first-order valence-electron chi connectivity index (χ1n) is 7.23. The van der Waals surface area contributed by atoms with E-state index < -0.39 is 0 Å². The average Bonchev–Trinajstić information content (AvgIpc) is 2.63. The van der Waals surface area contributed by atoms with Gasteiger partial charge in [0.15, 0.2) is 0 Å². The van der Waals surface area contributed by atoms with Gasteiger partial charge in [-0.25, -0.2) is 0 Å². The van der Waals surface area contributed by atoms with E-state index in [-0.39, 0.29) is 5.91 Å². The number of hydrogen-bond acceptors (Lipinski definition) is 3. The molecule has 3 aromatic rings. The molecule has 0 aliphatic carbocycles. The van der Waals surface area contributed by atoms with E-state index in [1.54, 1.807) is 37.6 Å². The van der Waals surface area contributed by atoms with Crippen LogP contribution in [0.4, 0.5) is 5.69 Å². The van der Waals surface area contributed by atoms with Crippen molar-refractivity contribution in [2.45, 2.75) is 0 Å². The number of rotatable bonds is 4. The van der Waals surface area contributed by atoms with Crippen molar-refractivity contribution in [1.82, 2.24) is 4.98 Å². The number of aromatic nitrogens is 1. The average molecular weight is 304 g/mol. The molecule has 1 amide bonds. The molecule has 1 N–H and O–H groups in total. The Morgan fingerprint density at radius 2 is 1.70 bits per heavy atom. The highest BCUT2D eigenvalue weighted by atomic mass is 16.5. The minimum Gasteiger partial charge on any atom is -0.497 e. The molecule has 1 heterocycles. The number of amides is 1. The van der Waals surface area contributed by atoms with Gasteiger partial charge in [0.2, 0.25) is 0 Å². The smallest absolute Gasteiger partial charge is 0.255 e. The van der Waals surface area contributed by atoms with Crippen molar-refractivity contribution in [2.24, 2.45) is 0 Å². The summed E-state index contributed by atoms with van der Waals surface area (Å²) in [5.74, 6) is 0.539. The van der Waals surface area contributed by atoms with Gasteiger partial charge in [0.25, 0.3) is 5.91 Å². The van der Waals surface area contributed by atoms with Gasteiger partial charge in [0, 0.05) is 11.1 Å². The molecule has 0 bridgehead atoms. The normalized spacial score (nSPS) is 10.1. The van der Waals surface area contributed by atoms with Gasteiger partial charge in [-0.3, -0.25) is 9.78 Å². The molecule has 4 nitrogen and oxygen atoms in total. The summed E-state index contributed by atoms with van der Waals surface area (Å²) in [6.07, 6.45) is 1.66. The Morgan fingerprint density at radius 3 is 2.30 bits per heavy atom. The zero-order chi connectivity index (χ0) is 16.1. The van der Waals surface area contributed by atoms with Crippen LogP contribution in [0.2, 0.25) is 0 Å². The van der Waals surface area contributed by atoms with E-state index in [1.807, 2.05) is 42.5 Å². The zero-order valence-electron chi connectivity index (χ0n) is 12.7. The largest absolute Gasteiger partial charge is 0.497 e. The number of nitrogens with zero attached hydrogens (tertiary/aromatic N) is 1. The number of anilines is 1. The molecule has 0 radical (unpaired) electrons. The van der Waals surface area contributed by atoms with Gasteiger partial charge in [-0.15, -0.1) is 0 Å². The summed E-state index contributed by atoms with van der Waals surface area (Å²) in [5, 5.41) is 2.83. The lowest BCUT2D eigenvalue weighted by Gasteiger charge is -2.07. The maximum atomic E-state index is 12.2. The number of carbonyl (C=O) groups is 1. The van der Waals surface area contributed by atoms with Gasteiger partial charge in [-0.2, -0.15) is 0 Å². The van der Waals surface area contributed by atoms with Crippen molar-refractivity contribution >= 4 is 11.6 Å². The fourth-order valence-corrected chi connectivity index (χ4v) is 2.19. The highest BCUT2D eigenvalue weighted by Gasteiger charge is 2.07. The highest BCUT2D eigenvalue weighted by Crippen LogP contribution is 2.18. The predicted molar refractivity (Wildman–Crippen MR) is 90.6 cm³/mol. The molecule has 4 heteroatoms. The Bertz CT molecular complexity index is 782. The Labute approximate surface area is 134 Å². The summed E-state index contributed by atoms with van der Waals surface area (Å²) in [5.41, 5.74) is 3.14. The van der Waals surface area contributed by atoms with Crippen LogP contribution in [0.5, 0.6) is 5.75 Å². The van der Waals surface area contributed by atoms with Crippen LogP contribution in [0.3, 0.4) is 0 Å². The van der Waals surface area contributed by atoms with Crippen LogP contribution >= 0.6 is 0 Å². The van der Waals surface area contributed by atoms with Crippen LogP contribution in [-0.2, 0) is 0 Å². The molecule has 0 saturated heterocycles. The van der Waals surface area contributed by atoms with E-state index in [1.165, 1.54) is 0 Å². The minimum absolute atomic E-state index is 0.179. The second-order valence-corrected chi connectivity index (χ2v) is 4.98. The van der Waals surface area contributed by atoms with Gasteiger partial charge in [-0.05, 0) is 36.4 Å². The van der Waals surface area contributed by atoms with E-state index >= 15 is 0 Å². The van der Waals surface area contributed by atoms with E-state index in [4.69, 9.17) is 4.74 Å². The molecule has 23 heavy (non-hydrogen) atoms. The molecule has 0 fully saturated rings. The predicted octanol–water partition coefficient (Wildman–Crippen LogP) is 4.01. The number of hydrogen-bond donors (Lipinski definition) is 1. The molecule has 0 aliphatic rings. The molecular weight excluding hydrogens is 288 g/mol. The first kappa shape index (κ1) is 14.8. The van der Waals surface area contributed by atoms with E-state index in [9.17, 15) is 4.79 Å². The molecule has 0 aliphatic heterocycles. The summed E-state index contributed by atoms with van der Waals surface area (Å²) < 4.78 is 5.08. The molecule has 3 rings (SSSR count). The Morgan fingerprint density at radius 1 is 0.957 bits per heavy atom. The second-order valence-electron chi connectivity index (χ2n) is 4.98. The minimum atomic E-state index is -0.179. The third-order valence-corrected chi connectivity index (χ3v) is 3.44. The number of benzene rings is 2. The van der Waals surface area contributed by atoms with Crippen molar-refractivity contribution in [3.05, 3.63) is 78.5 Å². The highest BCUT2D eigenvalue weighted by molar-refractivity contribution is 6.04. The topological polar surface area (TPSA) is 51.2 Å². The van der Waals surface area contributed by atoms with Crippen LogP contribution in [0.1, 0.15) is 10.4 Å². The molecule has 0 atom stereocenters. The monoisotopic (exact) mass is 304 g/mol. The van der Waals surface area contributed by atoms with Gasteiger partial charge in [0.05, 0.1) is 24.7 Å². The fraction of sp³-hybridized carbons (Fsp3) is 0.0526. The van der Waals surface area contributed by atoms with Crippen molar-refractivity contribution in [1.29, 1.82) is 0 Å².